The van der Waals surface area contributed by atoms with Gasteiger partial charge in [0.1, 0.15) is 48.3 Å². The minimum Gasteiger partial charge on any atom is -0.370 e. The lowest BCUT2D eigenvalue weighted by Crippen LogP contribution is -2.60. The number of unbranched alkanes of at least 4 members (excludes halogenated alkanes) is 6. The summed E-state index contributed by atoms with van der Waals surface area (Å²) in [6, 6.07) is -5.34. The van der Waals surface area contributed by atoms with Gasteiger partial charge < -0.3 is 145 Å². The van der Waals surface area contributed by atoms with Crippen molar-refractivity contribution in [3.8, 4) is 10.6 Å². The van der Waals surface area contributed by atoms with Gasteiger partial charge in [-0.1, -0.05) is 12.8 Å². The van der Waals surface area contributed by atoms with Crippen LogP contribution >= 0.6 is 11.3 Å². The van der Waals surface area contributed by atoms with E-state index in [2.05, 4.69) is 93.1 Å². The molecule has 2 heterocycles. The van der Waals surface area contributed by atoms with Gasteiger partial charge >= 0.3 is 0 Å². The number of nitrogens with one attached hydrogen (secondary N) is 10. The fourth-order valence-electron chi connectivity index (χ4n) is 11.2. The van der Waals surface area contributed by atoms with E-state index < -0.39 is 95.6 Å². The lowest BCUT2D eigenvalue weighted by Gasteiger charge is -2.28. The second kappa shape index (κ2) is 58.2. The molecule has 0 radical (unpaired) electrons. The van der Waals surface area contributed by atoms with Crippen LogP contribution < -0.4 is 145 Å². The van der Waals surface area contributed by atoms with Crippen molar-refractivity contribution in [1.29, 1.82) is 0 Å². The molecule has 11 amide bonds. The number of nitrogen functional groups attached to an aromatic ring is 1. The molecule has 0 aliphatic carbocycles. The van der Waals surface area contributed by atoms with Crippen LogP contribution in [-0.2, 0) is 47.9 Å². The predicted octanol–water partition coefficient (Wildman–Crippen LogP) is -7.30. The van der Waals surface area contributed by atoms with Crippen molar-refractivity contribution in [2.75, 3.05) is 71.2 Å². The van der Waals surface area contributed by atoms with Gasteiger partial charge in [-0.3, -0.25) is 82.7 Å². The summed E-state index contributed by atoms with van der Waals surface area (Å²) in [6.45, 7) is 1.28. The summed E-state index contributed by atoms with van der Waals surface area (Å²) >= 11 is 1.28. The van der Waals surface area contributed by atoms with E-state index in [4.69, 9.17) is 91.7 Å². The maximum atomic E-state index is 14.8. The fraction of sp³-hybridized carbons (Fsp3) is 0.638. The Morgan fingerprint density at radius 3 is 0.965 bits per heavy atom. The topological polar surface area (TPSA) is 824 Å². The third-order valence-electron chi connectivity index (χ3n) is 17.2. The number of aliphatic imine (C=N–C) groups is 6. The number of hydrogen-bond acceptors (Lipinski definition) is 23. The van der Waals surface area contributed by atoms with Crippen LogP contribution in [0, 0.1) is 0 Å². The van der Waals surface area contributed by atoms with Crippen LogP contribution in [0.15, 0.2) is 54.4 Å². The Labute approximate surface area is 673 Å². The van der Waals surface area contributed by atoms with E-state index in [9.17, 15) is 52.7 Å². The van der Waals surface area contributed by atoms with E-state index in [0.717, 1.165) is 4.88 Å². The predicted molar refractivity (Wildman–Crippen MR) is 442 cm³/mol. The molecule has 0 bridgehead atoms. The first kappa shape index (κ1) is 99.4. The Balaban J connectivity index is 2.37. The fourth-order valence-corrected chi connectivity index (χ4v) is 12.1. The van der Waals surface area contributed by atoms with E-state index in [0.29, 0.717) is 101 Å². The second-order valence-corrected chi connectivity index (χ2v) is 28.0. The molecule has 2 aromatic heterocycles. The van der Waals surface area contributed by atoms with E-state index in [1.807, 2.05) is 0 Å². The van der Waals surface area contributed by atoms with Crippen LogP contribution in [-0.4, -0.2) is 224 Å². The average molecular weight is 1640 g/mol. The van der Waals surface area contributed by atoms with Gasteiger partial charge in [0.2, 0.25) is 65.0 Å². The smallest absolute Gasteiger partial charge is 0.261 e. The molecule has 45 nitrogen and oxygen atoms in total. The molecule has 0 unspecified atom stereocenters. The summed E-state index contributed by atoms with van der Waals surface area (Å²) in [6.07, 6.45) is 7.13. The minimum absolute atomic E-state index is 0.0168. The lowest BCUT2D eigenvalue weighted by molar-refractivity contribution is -0.136. The van der Waals surface area contributed by atoms with Crippen LogP contribution in [0.2, 0.25) is 0 Å². The van der Waals surface area contributed by atoms with Gasteiger partial charge in [-0.2, -0.15) is 0 Å². The Kier molecular flexibility index (Phi) is 50.3. The Bertz CT molecular complexity index is 3530. The zero-order valence-electron chi connectivity index (χ0n) is 65.6. The highest BCUT2D eigenvalue weighted by Crippen LogP contribution is 2.27. The maximum absolute atomic E-state index is 14.8. The number of aromatic nitrogens is 2. The number of anilines is 1. The molecule has 0 aromatic carbocycles. The highest BCUT2D eigenvalue weighted by atomic mass is 32.1. The normalized spacial score (nSPS) is 12.9. The number of hydrogen-bond donors (Lipinski definition) is 26. The molecule has 0 aliphatic heterocycles. The summed E-state index contributed by atoms with van der Waals surface area (Å²) in [7, 11) is 0. The van der Waals surface area contributed by atoms with E-state index in [1.165, 1.54) is 11.3 Å². The third kappa shape index (κ3) is 46.2. The number of nitrogens with two attached hydrogens (primary N) is 16. The van der Waals surface area contributed by atoms with Gasteiger partial charge in [0.15, 0.2) is 35.8 Å². The minimum atomic E-state index is -1.51. The molecule has 0 saturated carbocycles. The van der Waals surface area contributed by atoms with Crippen molar-refractivity contribution in [3.63, 3.8) is 0 Å². The quantitative estimate of drug-likeness (QED) is 0.0166. The highest BCUT2D eigenvalue weighted by Gasteiger charge is 2.35. The lowest BCUT2D eigenvalue weighted by atomic mass is 10.0. The monoisotopic (exact) mass is 1640 g/mol. The van der Waals surface area contributed by atoms with Crippen LogP contribution in [0.3, 0.4) is 0 Å². The average Bonchev–Trinajstić information content (AvgIpc) is 1.81. The molecule has 115 heavy (non-hydrogen) atoms. The zero-order chi connectivity index (χ0) is 85.5. The second-order valence-electron chi connectivity index (χ2n) is 26.9. The van der Waals surface area contributed by atoms with Crippen LogP contribution in [0.1, 0.15) is 177 Å². The maximum Gasteiger partial charge on any atom is 0.261 e. The van der Waals surface area contributed by atoms with Crippen molar-refractivity contribution in [2.24, 2.45) is 116 Å². The van der Waals surface area contributed by atoms with Gasteiger partial charge in [-0.15, -0.1) is 11.3 Å². The van der Waals surface area contributed by atoms with Gasteiger partial charge in [-0.05, 0) is 173 Å². The van der Waals surface area contributed by atoms with Crippen molar-refractivity contribution in [1.82, 2.24) is 63.1 Å². The summed E-state index contributed by atoms with van der Waals surface area (Å²) in [5, 5.41) is 27.4. The Morgan fingerprint density at radius 2 is 0.643 bits per heavy atom. The van der Waals surface area contributed by atoms with Crippen LogP contribution in [0.4, 0.5) is 5.95 Å². The number of carbonyl (C=O) groups excluding carboxylic acids is 11. The Morgan fingerprint density at radius 1 is 0.339 bits per heavy atom. The first-order chi connectivity index (χ1) is 54.8. The summed E-state index contributed by atoms with van der Waals surface area (Å²) in [5.74, 6) is -9.00. The Hall–Kier alpha value is -11.7. The molecule has 8 atom stereocenters. The van der Waals surface area contributed by atoms with Crippen molar-refractivity contribution < 1.29 is 52.7 Å². The first-order valence-corrected chi connectivity index (χ1v) is 39.3. The number of rotatable bonds is 62. The third-order valence-corrected chi connectivity index (χ3v) is 18.3. The standard InChI is InChI=1S/C69H126N34O11S/c70-30-7-5-17-42(54(72)106)97-57(109)45(20-12-35-89-64(75)76)99-59(111)47(22-14-37-91-66(79)80)101-61(113)49(24-16-39-93-68(83)84)102-60(112)48(23-15-38-92-67(81)82)100-58(110)46(21-13-36-90-65(77)78)98-56(108)44(19-11-34-88-63(73)74)96-53(105)26-3-1-9-32-86-55(107)43(18-6-8-31-71)95-52(104)25-4-2-10-33-87-62(114)51-28-27-50(115-51)41-29-40-94-69(85)103-41/h27-29,40,42-49H,1-26,30-39,70-71H2,(H2,72,106)(H,86,107)(H,87,114)(H,95,104)(H,96,105)(H,97,109)(H,98,108)(H,99,111)(H,100,110)(H,101,113)(H,102,112)(H4,73,74,88)(H4,75,76,89)(H4,77,78,90)(H4,79,80,91)(H4,81,82,92)(H4,83,84,93)(H2,85,94,103)/t42-,43+,44+,45+,46+,47+,48+,49+/m0/s1. The molecule has 2 aromatic rings. The van der Waals surface area contributed by atoms with Crippen molar-refractivity contribution >= 4 is 118 Å². The number of amides is 11. The van der Waals surface area contributed by atoms with Gasteiger partial charge in [0.25, 0.3) is 5.91 Å². The van der Waals surface area contributed by atoms with E-state index in [-0.39, 0.29) is 202 Å². The van der Waals surface area contributed by atoms with E-state index in [1.54, 1.807) is 24.4 Å². The molecular weight excluding hydrogens is 1510 g/mol. The molecule has 2 rings (SSSR count). The summed E-state index contributed by atoms with van der Waals surface area (Å²) in [5.41, 5.74) is 90.5. The highest BCUT2D eigenvalue weighted by molar-refractivity contribution is 7.17. The van der Waals surface area contributed by atoms with Crippen molar-refractivity contribution in [2.45, 2.75) is 215 Å². The molecule has 46 heteroatoms. The zero-order valence-corrected chi connectivity index (χ0v) is 66.4. The summed E-state index contributed by atoms with van der Waals surface area (Å²) < 4.78 is 0. The van der Waals surface area contributed by atoms with Crippen molar-refractivity contribution in [3.05, 3.63) is 29.3 Å². The van der Waals surface area contributed by atoms with Crippen LogP contribution in [0.5, 0.6) is 0 Å². The van der Waals surface area contributed by atoms with Gasteiger partial charge in [0.05, 0.1) is 15.4 Å². The molecule has 0 spiro atoms. The van der Waals surface area contributed by atoms with Gasteiger partial charge in [0, 0.05) is 71.4 Å². The molecular formula is C69H126N34O11S. The number of carbonyl (C=O) groups is 11. The molecule has 0 fully saturated rings. The number of primary amides is 1. The number of guanidine groups is 6. The number of nitrogens with zero attached hydrogens (tertiary/aromatic N) is 8. The van der Waals surface area contributed by atoms with Gasteiger partial charge in [-0.25, -0.2) is 9.97 Å². The summed E-state index contributed by atoms with van der Waals surface area (Å²) in [4.78, 5) is 186. The molecule has 0 aliphatic rings. The largest absolute Gasteiger partial charge is 0.370 e. The number of thiophene rings is 1. The van der Waals surface area contributed by atoms with E-state index >= 15 is 0 Å². The molecule has 0 saturated heterocycles. The SMILES string of the molecule is NCCCC[C@H](NC(=O)[C@@H](CCCN=C(N)N)NC(=O)[C@@H](CCCN=C(N)N)NC(=O)[C@@H](CCCN=C(N)N)NC(=O)[C@@H](CCCN=C(N)N)NC(=O)[C@@H](CCCN=C(N)N)NC(=O)[C@@H](CCCN=C(N)N)NC(=O)CCCCCNC(=O)[C@@H](CCCCN)NC(=O)CCCCCNC(=O)c1ccc(-c2ccnc(N)n2)s1)C(N)=O. The van der Waals surface area contributed by atoms with Crippen LogP contribution in [0.25, 0.3) is 10.6 Å². The first-order valence-electron chi connectivity index (χ1n) is 38.5. The molecule has 42 N–H and O–H groups in total. The molecule has 644 valence electrons.